The van der Waals surface area contributed by atoms with Gasteiger partial charge in [-0.25, -0.2) is 0 Å². The normalized spacial score (nSPS) is 11.1. The van der Waals surface area contributed by atoms with Gasteiger partial charge in [0, 0.05) is 17.5 Å². The molecule has 0 atom stereocenters. The lowest BCUT2D eigenvalue weighted by atomic mass is 10.3. The number of nitrogens with zero attached hydrogens (tertiary/aromatic N) is 2. The second kappa shape index (κ2) is 6.51. The molecule has 0 spiro atoms. The molecule has 0 aliphatic heterocycles. The molecule has 0 amide bonds. The van der Waals surface area contributed by atoms with Crippen molar-refractivity contribution in [1.82, 2.24) is 15.5 Å². The number of rotatable bonds is 7. The minimum absolute atomic E-state index is 0.409. The highest BCUT2D eigenvalue weighted by Crippen LogP contribution is 2.10. The molecule has 0 aliphatic carbocycles. The predicted molar refractivity (Wildman–Crippen MR) is 72.8 cm³/mol. The zero-order valence-corrected chi connectivity index (χ0v) is 11.5. The highest BCUT2D eigenvalue weighted by Gasteiger charge is 2.05. The fourth-order valence-electron chi connectivity index (χ4n) is 1.44. The highest BCUT2D eigenvalue weighted by atomic mass is 32.1. The third-order valence-electron chi connectivity index (χ3n) is 2.36. The number of hydrogen-bond acceptors (Lipinski definition) is 6. The van der Waals surface area contributed by atoms with Gasteiger partial charge in [0.1, 0.15) is 0 Å². The molecule has 0 saturated heterocycles. The average Bonchev–Trinajstić information content (AvgIpc) is 2.97. The minimum atomic E-state index is 0.409. The van der Waals surface area contributed by atoms with Crippen LogP contribution in [0.3, 0.4) is 0 Å². The maximum Gasteiger partial charge on any atom is 0.315 e. The van der Waals surface area contributed by atoms with Crippen LogP contribution < -0.4 is 10.6 Å². The van der Waals surface area contributed by atoms with E-state index >= 15 is 0 Å². The Morgan fingerprint density at radius 2 is 2.28 bits per heavy atom. The van der Waals surface area contributed by atoms with Crippen LogP contribution >= 0.6 is 11.3 Å². The summed E-state index contributed by atoms with van der Waals surface area (Å²) in [6.45, 7) is 5.57. The van der Waals surface area contributed by atoms with Gasteiger partial charge >= 0.3 is 6.01 Å². The van der Waals surface area contributed by atoms with E-state index < -0.39 is 0 Å². The third-order valence-corrected chi connectivity index (χ3v) is 3.29. The number of thiophene rings is 1. The van der Waals surface area contributed by atoms with Crippen LogP contribution in [0.25, 0.3) is 0 Å². The van der Waals surface area contributed by atoms with Crippen molar-refractivity contribution in [3.63, 3.8) is 0 Å². The van der Waals surface area contributed by atoms with E-state index in [9.17, 15) is 0 Å². The first-order valence-corrected chi connectivity index (χ1v) is 6.94. The molecule has 0 aliphatic rings. The molecular weight excluding hydrogens is 248 g/mol. The van der Waals surface area contributed by atoms with Gasteiger partial charge in [-0.3, -0.25) is 0 Å². The van der Waals surface area contributed by atoms with Gasteiger partial charge in [0.2, 0.25) is 5.89 Å². The van der Waals surface area contributed by atoms with E-state index in [1.54, 1.807) is 11.3 Å². The summed E-state index contributed by atoms with van der Waals surface area (Å²) in [6, 6.07) is 5.08. The van der Waals surface area contributed by atoms with Crippen molar-refractivity contribution in [1.29, 1.82) is 0 Å². The van der Waals surface area contributed by atoms with Crippen molar-refractivity contribution < 1.29 is 4.42 Å². The number of aromatic nitrogens is 2. The Morgan fingerprint density at radius 3 is 3.00 bits per heavy atom. The van der Waals surface area contributed by atoms with Crippen LogP contribution in [0.5, 0.6) is 0 Å². The van der Waals surface area contributed by atoms with Gasteiger partial charge in [-0.2, -0.15) is 0 Å². The van der Waals surface area contributed by atoms with Gasteiger partial charge in [-0.15, -0.1) is 16.4 Å². The second-order valence-electron chi connectivity index (χ2n) is 4.29. The molecule has 2 heterocycles. The summed E-state index contributed by atoms with van der Waals surface area (Å²) in [7, 11) is 0. The highest BCUT2D eigenvalue weighted by molar-refractivity contribution is 7.09. The Balaban J connectivity index is 1.73. The molecule has 18 heavy (non-hydrogen) atoms. The van der Waals surface area contributed by atoms with Gasteiger partial charge in [0.25, 0.3) is 0 Å². The van der Waals surface area contributed by atoms with Crippen LogP contribution in [0.15, 0.2) is 21.9 Å². The summed E-state index contributed by atoms with van der Waals surface area (Å²) < 4.78 is 5.46. The first-order chi connectivity index (χ1) is 8.74. The van der Waals surface area contributed by atoms with E-state index in [2.05, 4.69) is 52.2 Å². The summed E-state index contributed by atoms with van der Waals surface area (Å²) in [4.78, 5) is 1.35. The number of anilines is 1. The quantitative estimate of drug-likeness (QED) is 0.805. The maximum absolute atomic E-state index is 5.46. The maximum atomic E-state index is 5.46. The molecule has 0 saturated carbocycles. The Kier molecular flexibility index (Phi) is 4.72. The molecule has 0 bridgehead atoms. The van der Waals surface area contributed by atoms with E-state index in [1.807, 2.05) is 0 Å². The predicted octanol–water partition coefficient (Wildman–Crippen LogP) is 2.28. The summed E-state index contributed by atoms with van der Waals surface area (Å²) in [5, 5.41) is 16.4. The Hall–Kier alpha value is -1.40. The topological polar surface area (TPSA) is 63.0 Å². The number of hydrogen-bond donors (Lipinski definition) is 2. The zero-order chi connectivity index (χ0) is 12.8. The summed E-state index contributed by atoms with van der Waals surface area (Å²) in [5.41, 5.74) is 0. The van der Waals surface area contributed by atoms with Gasteiger partial charge in [0.15, 0.2) is 0 Å². The molecule has 0 aromatic carbocycles. The molecule has 98 valence electrons. The Bertz CT molecular complexity index is 452. The molecule has 2 aromatic rings. The lowest BCUT2D eigenvalue weighted by molar-refractivity contribution is 0.458. The second-order valence-corrected chi connectivity index (χ2v) is 5.32. The lowest BCUT2D eigenvalue weighted by Crippen LogP contribution is -2.21. The standard InChI is InChI=1S/C12H18N4OS/c1-9(2)14-8-11-15-16-12(17-11)13-6-5-10-4-3-7-18-10/h3-4,7,9,14H,5-6,8H2,1-2H3,(H,13,16). The largest absolute Gasteiger partial charge is 0.407 e. The molecule has 2 aromatic heterocycles. The van der Waals surface area contributed by atoms with E-state index in [-0.39, 0.29) is 0 Å². The molecule has 5 nitrogen and oxygen atoms in total. The van der Waals surface area contributed by atoms with Crippen molar-refractivity contribution in [2.75, 3.05) is 11.9 Å². The van der Waals surface area contributed by atoms with Crippen molar-refractivity contribution in [2.45, 2.75) is 32.9 Å². The van der Waals surface area contributed by atoms with Crippen molar-refractivity contribution in [3.8, 4) is 0 Å². The fraction of sp³-hybridized carbons (Fsp3) is 0.500. The van der Waals surface area contributed by atoms with Crippen LogP contribution in [-0.4, -0.2) is 22.8 Å². The van der Waals surface area contributed by atoms with Gasteiger partial charge in [-0.1, -0.05) is 25.0 Å². The van der Waals surface area contributed by atoms with Crippen molar-refractivity contribution in [3.05, 3.63) is 28.3 Å². The van der Waals surface area contributed by atoms with E-state index in [1.165, 1.54) is 4.88 Å². The van der Waals surface area contributed by atoms with Gasteiger partial charge in [0.05, 0.1) is 6.54 Å². The smallest absolute Gasteiger partial charge is 0.315 e. The average molecular weight is 266 g/mol. The Morgan fingerprint density at radius 1 is 1.39 bits per heavy atom. The van der Waals surface area contributed by atoms with Gasteiger partial charge < -0.3 is 15.1 Å². The summed E-state index contributed by atoms with van der Waals surface area (Å²) >= 11 is 1.76. The van der Waals surface area contributed by atoms with E-state index in [0.29, 0.717) is 24.5 Å². The van der Waals surface area contributed by atoms with Crippen LogP contribution in [0.2, 0.25) is 0 Å². The van der Waals surface area contributed by atoms with Crippen LogP contribution in [-0.2, 0) is 13.0 Å². The molecule has 2 rings (SSSR count). The third kappa shape index (κ3) is 4.12. The molecule has 6 heteroatoms. The monoisotopic (exact) mass is 266 g/mol. The minimum Gasteiger partial charge on any atom is -0.407 e. The van der Waals surface area contributed by atoms with E-state index in [4.69, 9.17) is 4.42 Å². The molecule has 0 radical (unpaired) electrons. The Labute approximate surface area is 111 Å². The van der Waals surface area contributed by atoms with Crippen LogP contribution in [0.1, 0.15) is 24.6 Å². The SMILES string of the molecule is CC(C)NCc1nnc(NCCc2cccs2)o1. The molecule has 2 N–H and O–H groups in total. The summed E-state index contributed by atoms with van der Waals surface area (Å²) in [5.74, 6) is 0.613. The van der Waals surface area contributed by atoms with Gasteiger partial charge in [-0.05, 0) is 17.9 Å². The van der Waals surface area contributed by atoms with Crippen molar-refractivity contribution in [2.24, 2.45) is 0 Å². The lowest BCUT2D eigenvalue weighted by Gasteiger charge is -2.03. The molecule has 0 unspecified atom stereocenters. The molecule has 0 fully saturated rings. The zero-order valence-electron chi connectivity index (χ0n) is 10.6. The fourth-order valence-corrected chi connectivity index (χ4v) is 2.14. The first kappa shape index (κ1) is 13.0. The number of nitrogens with one attached hydrogen (secondary N) is 2. The molecular formula is C12H18N4OS. The van der Waals surface area contributed by atoms with Crippen LogP contribution in [0, 0.1) is 0 Å². The summed E-state index contributed by atoms with van der Waals surface area (Å²) in [6.07, 6.45) is 0.972. The van der Waals surface area contributed by atoms with E-state index in [0.717, 1.165) is 13.0 Å². The first-order valence-electron chi connectivity index (χ1n) is 6.06. The van der Waals surface area contributed by atoms with Crippen LogP contribution in [0.4, 0.5) is 6.01 Å². The van der Waals surface area contributed by atoms with Crippen molar-refractivity contribution >= 4 is 17.4 Å².